The molecule has 10 nitrogen and oxygen atoms in total. The number of hydrogen-bond donors (Lipinski definition) is 2. The molecule has 0 saturated carbocycles. The van der Waals surface area contributed by atoms with Gasteiger partial charge in [-0.25, -0.2) is 4.79 Å². The van der Waals surface area contributed by atoms with E-state index in [1.165, 1.54) is 18.3 Å². The molecule has 10 heteroatoms. The van der Waals surface area contributed by atoms with Crippen LogP contribution in [0.1, 0.15) is 15.9 Å². The standard InChI is InChI=1S/C27H21N3O7/c1-34-18-9-5-16(6-10-18)23-21(14-28)26(37-24(23)17-7-11-19(35-2)12-8-17)30-22(31)15-36-27(33)20-4-3-13-29-25(20)32/h3-13H,15H2,1-2H3,(H,29,32)(H,30,31). The van der Waals surface area contributed by atoms with Crippen LogP contribution >= 0.6 is 0 Å². The molecule has 186 valence electrons. The van der Waals surface area contributed by atoms with Gasteiger partial charge in [0.2, 0.25) is 5.88 Å². The smallest absolute Gasteiger partial charge is 0.344 e. The number of aromatic amines is 1. The molecule has 0 unspecified atom stereocenters. The van der Waals surface area contributed by atoms with E-state index in [1.807, 2.05) is 0 Å². The number of amides is 1. The zero-order valence-electron chi connectivity index (χ0n) is 19.9. The number of anilines is 1. The van der Waals surface area contributed by atoms with Crippen LogP contribution in [-0.2, 0) is 9.53 Å². The average molecular weight is 499 g/mol. The normalized spacial score (nSPS) is 10.3. The van der Waals surface area contributed by atoms with Gasteiger partial charge in [0.05, 0.1) is 14.2 Å². The maximum absolute atomic E-state index is 12.6. The predicted molar refractivity (Wildman–Crippen MR) is 133 cm³/mol. The number of ether oxygens (including phenoxy) is 3. The van der Waals surface area contributed by atoms with Gasteiger partial charge in [-0.1, -0.05) is 12.1 Å². The molecule has 2 heterocycles. The van der Waals surface area contributed by atoms with Gasteiger partial charge in [-0.15, -0.1) is 0 Å². The summed E-state index contributed by atoms with van der Waals surface area (Å²) >= 11 is 0. The Hall–Kier alpha value is -5.30. The molecule has 4 rings (SSSR count). The fraction of sp³-hybridized carbons (Fsp3) is 0.111. The first kappa shape index (κ1) is 24.8. The summed E-state index contributed by atoms with van der Waals surface area (Å²) in [6.45, 7) is -0.700. The molecule has 0 fully saturated rings. The van der Waals surface area contributed by atoms with Gasteiger partial charge in [0, 0.05) is 17.3 Å². The van der Waals surface area contributed by atoms with E-state index in [0.29, 0.717) is 33.9 Å². The Balaban J connectivity index is 1.65. The van der Waals surface area contributed by atoms with Gasteiger partial charge in [0.25, 0.3) is 11.5 Å². The van der Waals surface area contributed by atoms with E-state index in [4.69, 9.17) is 18.6 Å². The molecule has 0 aliphatic rings. The number of carbonyl (C=O) groups excluding carboxylic acids is 2. The summed E-state index contributed by atoms with van der Waals surface area (Å²) in [5.41, 5.74) is 0.947. The fourth-order valence-corrected chi connectivity index (χ4v) is 3.56. The van der Waals surface area contributed by atoms with E-state index in [-0.39, 0.29) is 17.0 Å². The Bertz CT molecular complexity index is 1530. The number of nitriles is 1. The van der Waals surface area contributed by atoms with Gasteiger partial charge in [0.1, 0.15) is 34.5 Å². The highest BCUT2D eigenvalue weighted by atomic mass is 16.5. The molecule has 2 N–H and O–H groups in total. The van der Waals surface area contributed by atoms with Crippen molar-refractivity contribution in [3.63, 3.8) is 0 Å². The van der Waals surface area contributed by atoms with Crippen LogP contribution in [0.2, 0.25) is 0 Å². The monoisotopic (exact) mass is 499 g/mol. The van der Waals surface area contributed by atoms with E-state index in [9.17, 15) is 19.6 Å². The first-order valence-electron chi connectivity index (χ1n) is 11.0. The number of aromatic nitrogens is 1. The molecule has 0 atom stereocenters. The molecule has 2 aromatic heterocycles. The number of rotatable bonds is 8. The highest BCUT2D eigenvalue weighted by molar-refractivity contribution is 5.98. The number of carbonyl (C=O) groups is 2. The van der Waals surface area contributed by atoms with Gasteiger partial charge in [-0.3, -0.25) is 14.9 Å². The number of pyridine rings is 1. The van der Waals surface area contributed by atoms with Gasteiger partial charge >= 0.3 is 5.97 Å². The number of nitrogens with one attached hydrogen (secondary N) is 2. The van der Waals surface area contributed by atoms with Crippen molar-refractivity contribution in [2.45, 2.75) is 0 Å². The highest BCUT2D eigenvalue weighted by Gasteiger charge is 2.25. The SMILES string of the molecule is COc1ccc(-c2oc(NC(=O)COC(=O)c3ccc[nH]c3=O)c(C#N)c2-c2ccc(OC)cc2)cc1. The second kappa shape index (κ2) is 11.0. The fourth-order valence-electron chi connectivity index (χ4n) is 3.56. The van der Waals surface area contributed by atoms with Crippen LogP contribution in [0.4, 0.5) is 5.88 Å². The summed E-state index contributed by atoms with van der Waals surface area (Å²) in [5, 5.41) is 12.5. The third-order valence-electron chi connectivity index (χ3n) is 5.38. The Labute approximate surface area is 211 Å². The molecule has 0 saturated heterocycles. The number of furan rings is 1. The van der Waals surface area contributed by atoms with Crippen LogP contribution in [0.3, 0.4) is 0 Å². The van der Waals surface area contributed by atoms with E-state index in [1.54, 1.807) is 62.8 Å². The topological polar surface area (TPSA) is 144 Å². The summed E-state index contributed by atoms with van der Waals surface area (Å²) in [4.78, 5) is 38.8. The van der Waals surface area contributed by atoms with Gasteiger partial charge < -0.3 is 23.6 Å². The molecule has 0 aliphatic carbocycles. The zero-order chi connectivity index (χ0) is 26.4. The molecule has 1 amide bonds. The molecule has 2 aromatic carbocycles. The van der Waals surface area contributed by atoms with Crippen molar-refractivity contribution in [1.29, 1.82) is 5.26 Å². The summed E-state index contributed by atoms with van der Waals surface area (Å²) in [7, 11) is 3.09. The van der Waals surface area contributed by atoms with Crippen LogP contribution in [0.5, 0.6) is 11.5 Å². The lowest BCUT2D eigenvalue weighted by Crippen LogP contribution is -2.24. The largest absolute Gasteiger partial charge is 0.497 e. The maximum Gasteiger partial charge on any atom is 0.344 e. The third-order valence-corrected chi connectivity index (χ3v) is 5.38. The van der Waals surface area contributed by atoms with Crippen molar-refractivity contribution < 1.29 is 28.2 Å². The highest BCUT2D eigenvalue weighted by Crippen LogP contribution is 2.42. The Morgan fingerprint density at radius 2 is 1.59 bits per heavy atom. The number of esters is 1. The van der Waals surface area contributed by atoms with Crippen molar-refractivity contribution >= 4 is 17.8 Å². The van der Waals surface area contributed by atoms with Crippen molar-refractivity contribution in [1.82, 2.24) is 4.98 Å². The minimum Gasteiger partial charge on any atom is -0.497 e. The minimum atomic E-state index is -0.963. The lowest BCUT2D eigenvalue weighted by molar-refractivity contribution is -0.119. The van der Waals surface area contributed by atoms with E-state index in [2.05, 4.69) is 16.4 Å². The van der Waals surface area contributed by atoms with Crippen LogP contribution in [0, 0.1) is 11.3 Å². The van der Waals surface area contributed by atoms with Crippen LogP contribution in [0.25, 0.3) is 22.5 Å². The van der Waals surface area contributed by atoms with E-state index >= 15 is 0 Å². The zero-order valence-corrected chi connectivity index (χ0v) is 19.9. The quantitative estimate of drug-likeness (QED) is 0.347. The Morgan fingerprint density at radius 1 is 0.973 bits per heavy atom. The molecule has 4 aromatic rings. The van der Waals surface area contributed by atoms with Crippen LogP contribution < -0.4 is 20.3 Å². The van der Waals surface area contributed by atoms with E-state index < -0.39 is 24.0 Å². The number of benzene rings is 2. The third kappa shape index (κ3) is 5.36. The lowest BCUT2D eigenvalue weighted by atomic mass is 9.98. The molecular weight excluding hydrogens is 478 g/mol. The minimum absolute atomic E-state index is 0.0789. The van der Waals surface area contributed by atoms with Gasteiger partial charge in [-0.2, -0.15) is 5.26 Å². The second-order valence-electron chi connectivity index (χ2n) is 7.62. The van der Waals surface area contributed by atoms with Crippen molar-refractivity contribution in [3.05, 3.63) is 88.3 Å². The maximum atomic E-state index is 12.6. The first-order chi connectivity index (χ1) is 17.9. The molecule has 0 aliphatic heterocycles. The summed E-state index contributed by atoms with van der Waals surface area (Å²) in [6, 6.07) is 18.8. The van der Waals surface area contributed by atoms with Gasteiger partial charge in [-0.05, 0) is 54.1 Å². The predicted octanol–water partition coefficient (Wildman–Crippen LogP) is 3.99. The molecule has 0 radical (unpaired) electrons. The molecule has 0 spiro atoms. The summed E-state index contributed by atoms with van der Waals surface area (Å²) in [6.07, 6.45) is 1.37. The van der Waals surface area contributed by atoms with Crippen LogP contribution in [0.15, 0.2) is 76.1 Å². The molecular formula is C27H21N3O7. The van der Waals surface area contributed by atoms with Crippen molar-refractivity contribution in [2.24, 2.45) is 0 Å². The number of hydrogen-bond acceptors (Lipinski definition) is 8. The lowest BCUT2D eigenvalue weighted by Gasteiger charge is -2.06. The number of nitrogens with zero attached hydrogens (tertiary/aromatic N) is 1. The Kier molecular flexibility index (Phi) is 7.35. The molecule has 0 bridgehead atoms. The van der Waals surface area contributed by atoms with Crippen molar-refractivity contribution in [2.75, 3.05) is 26.1 Å². The van der Waals surface area contributed by atoms with Crippen molar-refractivity contribution in [3.8, 4) is 40.0 Å². The summed E-state index contributed by atoms with van der Waals surface area (Å²) in [5.74, 6) is -0.229. The number of methoxy groups -OCH3 is 2. The number of H-pyrrole nitrogens is 1. The molecule has 37 heavy (non-hydrogen) atoms. The second-order valence-corrected chi connectivity index (χ2v) is 7.62. The van der Waals surface area contributed by atoms with Crippen LogP contribution in [-0.4, -0.2) is 37.7 Å². The van der Waals surface area contributed by atoms with E-state index in [0.717, 1.165) is 0 Å². The summed E-state index contributed by atoms with van der Waals surface area (Å²) < 4.78 is 21.4. The Morgan fingerprint density at radius 3 is 2.16 bits per heavy atom. The first-order valence-corrected chi connectivity index (χ1v) is 11.0. The van der Waals surface area contributed by atoms with Gasteiger partial charge in [0.15, 0.2) is 6.61 Å². The average Bonchev–Trinajstić information content (AvgIpc) is 3.29.